The van der Waals surface area contributed by atoms with Crippen molar-refractivity contribution in [2.75, 3.05) is 5.32 Å². The van der Waals surface area contributed by atoms with Gasteiger partial charge in [-0.1, -0.05) is 36.4 Å². The lowest BCUT2D eigenvalue weighted by Crippen LogP contribution is -2.24. The van der Waals surface area contributed by atoms with E-state index in [1.54, 1.807) is 24.4 Å². The molecule has 0 fully saturated rings. The SMILES string of the molecule is Cc1sc(NC(=O)CCn2nc3ccccn3c2=O)c(C(N)=O)c1-c1ccccc1. The number of benzene rings is 1. The third-order valence-corrected chi connectivity index (χ3v) is 5.71. The van der Waals surface area contributed by atoms with E-state index in [-0.39, 0.29) is 24.6 Å². The maximum atomic E-state index is 12.5. The van der Waals surface area contributed by atoms with Gasteiger partial charge in [-0.05, 0) is 24.6 Å². The molecule has 0 bridgehead atoms. The van der Waals surface area contributed by atoms with E-state index in [1.807, 2.05) is 37.3 Å². The molecule has 152 valence electrons. The van der Waals surface area contributed by atoms with Crippen LogP contribution in [0.5, 0.6) is 0 Å². The average Bonchev–Trinajstić information content (AvgIpc) is 3.23. The second-order valence-electron chi connectivity index (χ2n) is 6.70. The number of anilines is 1. The first-order valence-electron chi connectivity index (χ1n) is 9.28. The second-order valence-corrected chi connectivity index (χ2v) is 7.93. The Kier molecular flexibility index (Phi) is 5.20. The number of thiophene rings is 1. The van der Waals surface area contributed by atoms with Crippen molar-refractivity contribution in [2.24, 2.45) is 5.73 Å². The molecule has 0 spiro atoms. The van der Waals surface area contributed by atoms with E-state index in [1.165, 1.54) is 20.4 Å². The van der Waals surface area contributed by atoms with Crippen LogP contribution in [-0.4, -0.2) is 26.0 Å². The minimum atomic E-state index is -0.606. The molecule has 8 nitrogen and oxygen atoms in total. The van der Waals surface area contributed by atoms with Gasteiger partial charge in [0.15, 0.2) is 5.65 Å². The second kappa shape index (κ2) is 7.96. The van der Waals surface area contributed by atoms with Gasteiger partial charge in [0.05, 0.1) is 12.1 Å². The van der Waals surface area contributed by atoms with Crippen LogP contribution < -0.4 is 16.7 Å². The first-order chi connectivity index (χ1) is 14.5. The van der Waals surface area contributed by atoms with Crippen molar-refractivity contribution in [2.45, 2.75) is 19.9 Å². The zero-order chi connectivity index (χ0) is 21.3. The first kappa shape index (κ1) is 19.6. The Hall–Kier alpha value is -3.72. The van der Waals surface area contributed by atoms with E-state index in [0.717, 1.165) is 16.0 Å². The Morgan fingerprint density at radius 2 is 1.87 bits per heavy atom. The monoisotopic (exact) mass is 421 g/mol. The molecule has 2 amide bonds. The Labute approximate surface area is 175 Å². The van der Waals surface area contributed by atoms with Gasteiger partial charge in [-0.15, -0.1) is 16.4 Å². The van der Waals surface area contributed by atoms with Gasteiger partial charge in [-0.2, -0.15) is 0 Å². The molecule has 0 unspecified atom stereocenters. The standard InChI is InChI=1S/C21H19N5O3S/c1-13-17(14-7-3-2-4-8-14)18(19(22)28)20(30-13)23-16(27)10-12-26-21(29)25-11-6-5-9-15(25)24-26/h2-9,11H,10,12H2,1H3,(H2,22,28)(H,23,27). The molecule has 0 aliphatic rings. The summed E-state index contributed by atoms with van der Waals surface area (Å²) in [5.41, 5.74) is 7.71. The highest BCUT2D eigenvalue weighted by Crippen LogP contribution is 2.39. The summed E-state index contributed by atoms with van der Waals surface area (Å²) in [4.78, 5) is 37.9. The van der Waals surface area contributed by atoms with E-state index in [2.05, 4.69) is 10.4 Å². The summed E-state index contributed by atoms with van der Waals surface area (Å²) in [5.74, 6) is -0.938. The van der Waals surface area contributed by atoms with Crippen LogP contribution in [0.25, 0.3) is 16.8 Å². The number of aryl methyl sites for hydroxylation is 2. The van der Waals surface area contributed by atoms with E-state index in [4.69, 9.17) is 5.73 Å². The zero-order valence-electron chi connectivity index (χ0n) is 16.2. The lowest BCUT2D eigenvalue weighted by molar-refractivity contribution is -0.116. The van der Waals surface area contributed by atoms with Crippen molar-refractivity contribution >= 4 is 33.8 Å². The fourth-order valence-corrected chi connectivity index (χ4v) is 4.43. The summed E-state index contributed by atoms with van der Waals surface area (Å²) < 4.78 is 2.66. The molecule has 3 N–H and O–H groups in total. The van der Waals surface area contributed by atoms with Crippen LogP contribution in [0.1, 0.15) is 21.7 Å². The minimum Gasteiger partial charge on any atom is -0.365 e. The van der Waals surface area contributed by atoms with Crippen molar-refractivity contribution in [1.29, 1.82) is 0 Å². The Balaban J connectivity index is 1.55. The van der Waals surface area contributed by atoms with Crippen LogP contribution in [0.4, 0.5) is 5.00 Å². The largest absolute Gasteiger partial charge is 0.365 e. The first-order valence-corrected chi connectivity index (χ1v) is 10.1. The highest BCUT2D eigenvalue weighted by molar-refractivity contribution is 7.17. The molecule has 3 aromatic heterocycles. The number of nitrogens with two attached hydrogens (primary N) is 1. The van der Waals surface area contributed by atoms with Gasteiger partial charge in [0, 0.05) is 23.1 Å². The fraction of sp³-hybridized carbons (Fsp3) is 0.143. The van der Waals surface area contributed by atoms with Crippen LogP contribution in [-0.2, 0) is 11.3 Å². The minimum absolute atomic E-state index is 0.0274. The number of rotatable bonds is 6. The Bertz CT molecular complexity index is 1300. The molecule has 1 aromatic carbocycles. The molecule has 0 saturated carbocycles. The number of carbonyl (C=O) groups excluding carboxylic acids is 2. The molecule has 0 aliphatic carbocycles. The third kappa shape index (κ3) is 3.62. The van der Waals surface area contributed by atoms with E-state index < -0.39 is 5.91 Å². The number of pyridine rings is 1. The van der Waals surface area contributed by atoms with Gasteiger partial charge in [0.1, 0.15) is 5.00 Å². The number of fused-ring (bicyclic) bond motifs is 1. The number of hydrogen-bond acceptors (Lipinski definition) is 5. The number of primary amides is 1. The molecular formula is C21H19N5O3S. The molecule has 30 heavy (non-hydrogen) atoms. The van der Waals surface area contributed by atoms with Crippen LogP contribution in [0.15, 0.2) is 59.5 Å². The molecule has 4 rings (SSSR count). The normalized spacial score (nSPS) is 11.0. The van der Waals surface area contributed by atoms with Crippen molar-refractivity contribution in [3.8, 4) is 11.1 Å². The summed E-state index contributed by atoms with van der Waals surface area (Å²) in [7, 11) is 0. The van der Waals surface area contributed by atoms with Gasteiger partial charge in [-0.3, -0.25) is 14.0 Å². The predicted molar refractivity (Wildman–Crippen MR) is 116 cm³/mol. The highest BCUT2D eigenvalue weighted by atomic mass is 32.1. The maximum Gasteiger partial charge on any atom is 0.350 e. The lowest BCUT2D eigenvalue weighted by Gasteiger charge is -2.07. The maximum absolute atomic E-state index is 12.5. The predicted octanol–water partition coefficient (Wildman–Crippen LogP) is 2.66. The molecule has 0 aliphatic heterocycles. The van der Waals surface area contributed by atoms with Gasteiger partial charge >= 0.3 is 5.69 Å². The molecule has 3 heterocycles. The Morgan fingerprint density at radius 1 is 1.13 bits per heavy atom. The van der Waals surface area contributed by atoms with Crippen LogP contribution >= 0.6 is 11.3 Å². The molecule has 0 atom stereocenters. The summed E-state index contributed by atoms with van der Waals surface area (Å²) in [6.45, 7) is 2.00. The van der Waals surface area contributed by atoms with Gasteiger partial charge in [0.2, 0.25) is 5.91 Å². The van der Waals surface area contributed by atoms with Crippen LogP contribution in [0, 0.1) is 6.92 Å². The highest BCUT2D eigenvalue weighted by Gasteiger charge is 2.22. The topological polar surface area (TPSA) is 111 Å². The molecular weight excluding hydrogens is 402 g/mol. The number of nitrogens with one attached hydrogen (secondary N) is 1. The molecule has 4 aromatic rings. The molecule has 0 radical (unpaired) electrons. The van der Waals surface area contributed by atoms with Gasteiger partial charge in [-0.25, -0.2) is 9.48 Å². The van der Waals surface area contributed by atoms with Crippen molar-refractivity contribution < 1.29 is 9.59 Å². The summed E-state index contributed by atoms with van der Waals surface area (Å²) in [6, 6.07) is 14.7. The Morgan fingerprint density at radius 3 is 2.57 bits per heavy atom. The summed E-state index contributed by atoms with van der Waals surface area (Å²) in [5, 5.41) is 7.39. The number of amides is 2. The lowest BCUT2D eigenvalue weighted by atomic mass is 10.0. The van der Waals surface area contributed by atoms with E-state index in [0.29, 0.717) is 16.2 Å². The fourth-order valence-electron chi connectivity index (χ4n) is 3.33. The zero-order valence-corrected chi connectivity index (χ0v) is 17.0. The van der Waals surface area contributed by atoms with E-state index >= 15 is 0 Å². The van der Waals surface area contributed by atoms with Gasteiger partial charge < -0.3 is 11.1 Å². The number of hydrogen-bond donors (Lipinski definition) is 2. The van der Waals surface area contributed by atoms with Crippen molar-refractivity contribution in [3.63, 3.8) is 0 Å². The van der Waals surface area contributed by atoms with E-state index in [9.17, 15) is 14.4 Å². The number of nitrogens with zero attached hydrogens (tertiary/aromatic N) is 3. The van der Waals surface area contributed by atoms with Crippen LogP contribution in [0.2, 0.25) is 0 Å². The van der Waals surface area contributed by atoms with Crippen LogP contribution in [0.3, 0.4) is 0 Å². The molecule has 9 heteroatoms. The third-order valence-electron chi connectivity index (χ3n) is 4.69. The number of aromatic nitrogens is 3. The number of carbonyl (C=O) groups is 2. The van der Waals surface area contributed by atoms with Gasteiger partial charge in [0.25, 0.3) is 5.91 Å². The van der Waals surface area contributed by atoms with Crippen molar-refractivity contribution in [1.82, 2.24) is 14.2 Å². The quantitative estimate of drug-likeness (QED) is 0.498. The molecule has 0 saturated heterocycles. The summed E-state index contributed by atoms with van der Waals surface area (Å²) >= 11 is 1.30. The smallest absolute Gasteiger partial charge is 0.350 e. The average molecular weight is 421 g/mol. The summed E-state index contributed by atoms with van der Waals surface area (Å²) in [6.07, 6.45) is 1.65. The van der Waals surface area contributed by atoms with Crippen molar-refractivity contribution in [3.05, 3.63) is 75.7 Å².